The number of carbonyl (C=O) groups is 1. The van der Waals surface area contributed by atoms with Crippen LogP contribution in [0.2, 0.25) is 5.02 Å². The zero-order chi connectivity index (χ0) is 23.3. The Kier molecular flexibility index (Phi) is 7.19. The van der Waals surface area contributed by atoms with Gasteiger partial charge in [-0.1, -0.05) is 23.7 Å². The Hall–Kier alpha value is -2.65. The normalized spacial score (nSPS) is 15.8. The van der Waals surface area contributed by atoms with Crippen molar-refractivity contribution in [1.29, 1.82) is 0 Å². The molecule has 2 N–H and O–H groups in total. The third-order valence-corrected chi connectivity index (χ3v) is 7.57. The van der Waals surface area contributed by atoms with Crippen molar-refractivity contribution in [1.82, 2.24) is 10.0 Å². The molecule has 0 bridgehead atoms. The maximum atomic E-state index is 12.8. The molecule has 0 spiro atoms. The molecule has 2 aromatic carbocycles. The van der Waals surface area contributed by atoms with Crippen molar-refractivity contribution in [3.8, 4) is 0 Å². The first-order valence-electron chi connectivity index (χ1n) is 10.6. The molecule has 7 nitrogen and oxygen atoms in total. The van der Waals surface area contributed by atoms with Crippen LogP contribution in [0.4, 0.5) is 0 Å². The molecule has 1 fully saturated rings. The largest absolute Gasteiger partial charge is 0.468 e. The number of rotatable bonds is 8. The van der Waals surface area contributed by atoms with Gasteiger partial charge in [0.05, 0.1) is 17.7 Å². The number of carbonyl (C=O) groups excluding carboxylic acids is 1. The third kappa shape index (κ3) is 5.65. The summed E-state index contributed by atoms with van der Waals surface area (Å²) in [5.74, 6) is 0.242. The second-order valence-electron chi connectivity index (χ2n) is 8.01. The molecule has 1 aromatic heterocycles. The van der Waals surface area contributed by atoms with E-state index in [1.165, 1.54) is 30.5 Å². The summed E-state index contributed by atoms with van der Waals surface area (Å²) < 4.78 is 38.1. The van der Waals surface area contributed by atoms with E-state index in [1.54, 1.807) is 12.1 Å². The van der Waals surface area contributed by atoms with Crippen LogP contribution in [0.3, 0.4) is 0 Å². The van der Waals surface area contributed by atoms with Crippen molar-refractivity contribution in [2.24, 2.45) is 0 Å². The van der Waals surface area contributed by atoms with Crippen molar-refractivity contribution in [3.05, 3.63) is 88.8 Å². The topological polar surface area (TPSA) is 97.6 Å². The molecule has 1 amide bonds. The van der Waals surface area contributed by atoms with E-state index in [-0.39, 0.29) is 22.8 Å². The predicted octanol–water partition coefficient (Wildman–Crippen LogP) is 3.89. The Morgan fingerprint density at radius 3 is 2.45 bits per heavy atom. The van der Waals surface area contributed by atoms with E-state index in [2.05, 4.69) is 10.0 Å². The summed E-state index contributed by atoms with van der Waals surface area (Å²) in [6.45, 7) is 1.70. The zero-order valence-electron chi connectivity index (χ0n) is 17.9. The highest BCUT2D eigenvalue weighted by molar-refractivity contribution is 7.89. The number of amides is 1. The average molecular weight is 489 g/mol. The molecular formula is C24H25ClN2O5S. The number of nitrogens with one attached hydrogen (secondary N) is 2. The lowest BCUT2D eigenvalue weighted by molar-refractivity contribution is 0.0487. The summed E-state index contributed by atoms with van der Waals surface area (Å²) in [6.07, 6.45) is 3.02. The van der Waals surface area contributed by atoms with Gasteiger partial charge in [0.25, 0.3) is 5.91 Å². The number of sulfonamides is 1. The van der Waals surface area contributed by atoms with E-state index in [0.717, 1.165) is 18.4 Å². The molecule has 0 saturated carbocycles. The van der Waals surface area contributed by atoms with Gasteiger partial charge in [0, 0.05) is 35.8 Å². The second kappa shape index (κ2) is 10.1. The van der Waals surface area contributed by atoms with E-state index in [1.807, 2.05) is 24.3 Å². The highest BCUT2D eigenvalue weighted by Gasteiger charge is 2.35. The van der Waals surface area contributed by atoms with Crippen LogP contribution in [0.15, 0.2) is 76.2 Å². The Morgan fingerprint density at radius 2 is 1.79 bits per heavy atom. The maximum absolute atomic E-state index is 12.8. The van der Waals surface area contributed by atoms with E-state index < -0.39 is 10.0 Å². The van der Waals surface area contributed by atoms with Crippen LogP contribution < -0.4 is 10.0 Å². The van der Waals surface area contributed by atoms with Gasteiger partial charge in [-0.3, -0.25) is 4.79 Å². The van der Waals surface area contributed by atoms with Gasteiger partial charge in [-0.25, -0.2) is 13.1 Å². The van der Waals surface area contributed by atoms with Crippen LogP contribution >= 0.6 is 11.6 Å². The fraction of sp³-hybridized carbons (Fsp3) is 0.292. The van der Waals surface area contributed by atoms with Gasteiger partial charge in [-0.15, -0.1) is 0 Å². The van der Waals surface area contributed by atoms with Crippen molar-refractivity contribution >= 4 is 27.5 Å². The molecule has 0 aliphatic carbocycles. The SMILES string of the molecule is O=C(NCC1(c2cccc(Cl)c2)CCOCC1)c1ccc(S(=O)(=O)NCc2ccco2)cc1. The molecule has 1 aliphatic rings. The van der Waals surface area contributed by atoms with Crippen molar-refractivity contribution in [2.45, 2.75) is 29.7 Å². The summed E-state index contributed by atoms with van der Waals surface area (Å²) in [5, 5.41) is 3.67. The smallest absolute Gasteiger partial charge is 0.251 e. The molecule has 3 aromatic rings. The number of hydrogen-bond acceptors (Lipinski definition) is 5. The van der Waals surface area contributed by atoms with Crippen LogP contribution in [0, 0.1) is 0 Å². The molecule has 0 unspecified atom stereocenters. The first kappa shape index (κ1) is 23.5. The summed E-state index contributed by atoms with van der Waals surface area (Å²) in [6, 6.07) is 16.9. The fourth-order valence-corrected chi connectivity index (χ4v) is 5.13. The van der Waals surface area contributed by atoms with Crippen LogP contribution in [0.25, 0.3) is 0 Å². The number of ether oxygens (including phenoxy) is 1. The van der Waals surface area contributed by atoms with Gasteiger partial charge in [0.1, 0.15) is 5.76 Å². The Bertz CT molecular complexity index is 1190. The molecule has 1 saturated heterocycles. The minimum Gasteiger partial charge on any atom is -0.468 e. The molecule has 4 rings (SSSR count). The minimum atomic E-state index is -3.73. The Morgan fingerprint density at radius 1 is 1.03 bits per heavy atom. The number of halogens is 1. The molecule has 33 heavy (non-hydrogen) atoms. The lowest BCUT2D eigenvalue weighted by Crippen LogP contribution is -2.44. The van der Waals surface area contributed by atoms with Gasteiger partial charge >= 0.3 is 0 Å². The first-order chi connectivity index (χ1) is 15.9. The van der Waals surface area contributed by atoms with E-state index in [4.69, 9.17) is 20.8 Å². The van der Waals surface area contributed by atoms with Crippen molar-refractivity contribution in [2.75, 3.05) is 19.8 Å². The lowest BCUT2D eigenvalue weighted by Gasteiger charge is -2.38. The van der Waals surface area contributed by atoms with Crippen LogP contribution in [0.5, 0.6) is 0 Å². The highest BCUT2D eigenvalue weighted by atomic mass is 35.5. The lowest BCUT2D eigenvalue weighted by atomic mass is 9.74. The van der Waals surface area contributed by atoms with E-state index in [9.17, 15) is 13.2 Å². The molecule has 1 aliphatic heterocycles. The highest BCUT2D eigenvalue weighted by Crippen LogP contribution is 2.35. The first-order valence-corrected chi connectivity index (χ1v) is 12.5. The third-order valence-electron chi connectivity index (χ3n) is 5.92. The van der Waals surface area contributed by atoms with Crippen molar-refractivity contribution in [3.63, 3.8) is 0 Å². The van der Waals surface area contributed by atoms with E-state index >= 15 is 0 Å². The Balaban J connectivity index is 1.42. The van der Waals surface area contributed by atoms with Gasteiger partial charge in [0.15, 0.2) is 0 Å². The van der Waals surface area contributed by atoms with Gasteiger partial charge in [-0.05, 0) is 66.9 Å². The molecule has 0 atom stereocenters. The minimum absolute atomic E-state index is 0.0485. The summed E-state index contributed by atoms with van der Waals surface area (Å²) >= 11 is 6.21. The zero-order valence-corrected chi connectivity index (χ0v) is 19.5. The van der Waals surface area contributed by atoms with Gasteiger partial charge in [0.2, 0.25) is 10.0 Å². The summed E-state index contributed by atoms with van der Waals surface area (Å²) in [7, 11) is -3.73. The number of benzene rings is 2. The quantitative estimate of drug-likeness (QED) is 0.501. The Labute approximate surface area is 198 Å². The number of furan rings is 1. The summed E-state index contributed by atoms with van der Waals surface area (Å²) in [4.78, 5) is 12.9. The molecule has 2 heterocycles. The standard InChI is InChI=1S/C24H25ClN2O5S/c25-20-4-1-3-19(15-20)24(10-13-31-14-11-24)17-26-23(28)18-6-8-22(9-7-18)33(29,30)27-16-21-5-2-12-32-21/h1-9,12,15,27H,10-11,13-14,16-17H2,(H,26,28). The predicted molar refractivity (Wildman–Crippen MR) is 125 cm³/mol. The monoisotopic (exact) mass is 488 g/mol. The van der Waals surface area contributed by atoms with Crippen LogP contribution in [0.1, 0.15) is 34.5 Å². The van der Waals surface area contributed by atoms with Crippen LogP contribution in [-0.2, 0) is 26.7 Å². The van der Waals surface area contributed by atoms with Crippen molar-refractivity contribution < 1.29 is 22.4 Å². The van der Waals surface area contributed by atoms with Crippen LogP contribution in [-0.4, -0.2) is 34.1 Å². The summed E-state index contributed by atoms with van der Waals surface area (Å²) in [5.41, 5.74) is 1.19. The maximum Gasteiger partial charge on any atom is 0.251 e. The molecule has 0 radical (unpaired) electrons. The molecule has 9 heteroatoms. The second-order valence-corrected chi connectivity index (χ2v) is 10.2. The average Bonchev–Trinajstić information content (AvgIpc) is 3.36. The molecular weight excluding hydrogens is 464 g/mol. The number of hydrogen-bond donors (Lipinski definition) is 2. The fourth-order valence-electron chi connectivity index (χ4n) is 3.95. The van der Waals surface area contributed by atoms with E-state index in [0.29, 0.717) is 36.1 Å². The molecule has 174 valence electrons. The van der Waals surface area contributed by atoms with Gasteiger partial charge in [-0.2, -0.15) is 0 Å². The van der Waals surface area contributed by atoms with Gasteiger partial charge < -0.3 is 14.5 Å².